The van der Waals surface area contributed by atoms with Gasteiger partial charge in [-0.05, 0) is 17.7 Å². The summed E-state index contributed by atoms with van der Waals surface area (Å²) in [6.07, 6.45) is 0. The molecule has 0 radical (unpaired) electrons. The Bertz CT molecular complexity index is 529. The quantitative estimate of drug-likeness (QED) is 0.765. The number of hydrogen-bond donors (Lipinski definition) is 1. The third-order valence-electron chi connectivity index (χ3n) is 2.72. The molecule has 1 aliphatic heterocycles. The maximum absolute atomic E-state index is 4.50. The summed E-state index contributed by atoms with van der Waals surface area (Å²) >= 11 is 0. The van der Waals surface area contributed by atoms with E-state index < -0.39 is 0 Å². The molecule has 16 heavy (non-hydrogen) atoms. The average molecular weight is 208 g/mol. The lowest BCUT2D eigenvalue weighted by Crippen LogP contribution is -2.11. The molecule has 0 saturated heterocycles. The molecule has 0 unspecified atom stereocenters. The lowest BCUT2D eigenvalue weighted by molar-refractivity contribution is 1.11. The molecule has 0 bridgehead atoms. The van der Waals surface area contributed by atoms with Gasteiger partial charge < -0.3 is 5.32 Å². The number of amidine groups is 1. The Labute approximate surface area is 94.7 Å². The van der Waals surface area contributed by atoms with Gasteiger partial charge in [-0.15, -0.1) is 0 Å². The number of hydrogen-bond acceptors (Lipinski definition) is 2. The number of aliphatic imine (C=N–C) groups is 1. The van der Waals surface area contributed by atoms with Crippen LogP contribution in [-0.4, -0.2) is 5.84 Å². The Morgan fingerprint density at radius 2 is 1.62 bits per heavy atom. The molecule has 2 nitrogen and oxygen atoms in total. The van der Waals surface area contributed by atoms with Crippen LogP contribution < -0.4 is 5.32 Å². The van der Waals surface area contributed by atoms with E-state index in [1.54, 1.807) is 0 Å². The maximum Gasteiger partial charge on any atom is 0.133 e. The van der Waals surface area contributed by atoms with Crippen molar-refractivity contribution in [1.82, 2.24) is 0 Å². The van der Waals surface area contributed by atoms with Crippen LogP contribution in [0.2, 0.25) is 0 Å². The Balaban J connectivity index is 1.89. The van der Waals surface area contributed by atoms with Gasteiger partial charge in [-0.1, -0.05) is 42.5 Å². The first-order valence-corrected chi connectivity index (χ1v) is 5.38. The molecule has 1 N–H and O–H groups in total. The monoisotopic (exact) mass is 208 g/mol. The molecule has 0 spiro atoms. The number of rotatable bonds is 1. The Kier molecular flexibility index (Phi) is 2.18. The van der Waals surface area contributed by atoms with Crippen LogP contribution in [0.5, 0.6) is 0 Å². The molecule has 3 rings (SSSR count). The van der Waals surface area contributed by atoms with Crippen molar-refractivity contribution in [2.45, 2.75) is 6.54 Å². The highest BCUT2D eigenvalue weighted by Gasteiger charge is 2.14. The van der Waals surface area contributed by atoms with E-state index >= 15 is 0 Å². The SMILES string of the molecule is c1ccc(NC2=NCc3ccccc32)cc1. The molecule has 1 heterocycles. The van der Waals surface area contributed by atoms with E-state index in [2.05, 4.69) is 28.5 Å². The average Bonchev–Trinajstić information content (AvgIpc) is 2.74. The lowest BCUT2D eigenvalue weighted by atomic mass is 10.1. The van der Waals surface area contributed by atoms with Crippen molar-refractivity contribution in [3.05, 3.63) is 65.7 Å². The van der Waals surface area contributed by atoms with Gasteiger partial charge >= 0.3 is 0 Å². The van der Waals surface area contributed by atoms with Crippen LogP contribution in [0.4, 0.5) is 5.69 Å². The van der Waals surface area contributed by atoms with Gasteiger partial charge in [-0.25, -0.2) is 0 Å². The number of nitrogens with zero attached hydrogens (tertiary/aromatic N) is 1. The molecule has 0 amide bonds. The number of benzene rings is 2. The van der Waals surface area contributed by atoms with Crippen LogP contribution in [0.3, 0.4) is 0 Å². The maximum atomic E-state index is 4.50. The number of nitrogens with one attached hydrogen (secondary N) is 1. The largest absolute Gasteiger partial charge is 0.340 e. The normalized spacial score (nSPS) is 13.1. The van der Waals surface area contributed by atoms with Crippen LogP contribution in [0, 0.1) is 0 Å². The fourth-order valence-corrected chi connectivity index (χ4v) is 1.90. The van der Waals surface area contributed by atoms with Crippen molar-refractivity contribution in [2.24, 2.45) is 4.99 Å². The second-order valence-electron chi connectivity index (χ2n) is 3.81. The van der Waals surface area contributed by atoms with Gasteiger partial charge in [0.1, 0.15) is 5.84 Å². The molecule has 0 saturated carbocycles. The van der Waals surface area contributed by atoms with Gasteiger partial charge in [0.25, 0.3) is 0 Å². The molecule has 0 aromatic heterocycles. The zero-order valence-electron chi connectivity index (χ0n) is 8.85. The van der Waals surface area contributed by atoms with Gasteiger partial charge in [0.2, 0.25) is 0 Å². The van der Waals surface area contributed by atoms with E-state index in [-0.39, 0.29) is 0 Å². The van der Waals surface area contributed by atoms with Crippen molar-refractivity contribution >= 4 is 11.5 Å². The van der Waals surface area contributed by atoms with E-state index in [1.165, 1.54) is 11.1 Å². The Hall–Kier alpha value is -2.09. The van der Waals surface area contributed by atoms with Gasteiger partial charge in [-0.2, -0.15) is 0 Å². The molecular formula is C14H12N2. The van der Waals surface area contributed by atoms with E-state index in [0.717, 1.165) is 18.1 Å². The summed E-state index contributed by atoms with van der Waals surface area (Å²) in [4.78, 5) is 4.50. The summed E-state index contributed by atoms with van der Waals surface area (Å²) < 4.78 is 0. The molecule has 0 atom stereocenters. The predicted molar refractivity (Wildman–Crippen MR) is 66.7 cm³/mol. The molecule has 2 aromatic rings. The number of anilines is 1. The standard InChI is InChI=1S/C14H12N2/c1-2-7-12(8-3-1)16-14-13-9-5-4-6-11(13)10-15-14/h1-9H,10H2,(H,15,16). The Morgan fingerprint density at radius 3 is 2.50 bits per heavy atom. The molecule has 2 aromatic carbocycles. The summed E-state index contributed by atoms with van der Waals surface area (Å²) in [7, 11) is 0. The van der Waals surface area contributed by atoms with Gasteiger partial charge in [-0.3, -0.25) is 4.99 Å². The first kappa shape index (κ1) is 9.16. The molecule has 78 valence electrons. The van der Waals surface area contributed by atoms with Crippen LogP contribution >= 0.6 is 0 Å². The molecule has 1 aliphatic rings. The summed E-state index contributed by atoms with van der Waals surface area (Å²) in [6, 6.07) is 18.5. The van der Waals surface area contributed by atoms with Crippen LogP contribution in [0.25, 0.3) is 0 Å². The lowest BCUT2D eigenvalue weighted by Gasteiger charge is -2.06. The van der Waals surface area contributed by atoms with Crippen LogP contribution in [0.1, 0.15) is 11.1 Å². The highest BCUT2D eigenvalue weighted by atomic mass is 15.0. The third-order valence-corrected chi connectivity index (χ3v) is 2.72. The molecule has 2 heteroatoms. The van der Waals surface area contributed by atoms with Crippen molar-refractivity contribution in [3.8, 4) is 0 Å². The second kappa shape index (κ2) is 3.81. The minimum Gasteiger partial charge on any atom is -0.340 e. The topological polar surface area (TPSA) is 24.4 Å². The van der Waals surface area contributed by atoms with Crippen molar-refractivity contribution in [1.29, 1.82) is 0 Å². The fourth-order valence-electron chi connectivity index (χ4n) is 1.90. The van der Waals surface area contributed by atoms with E-state index in [0.29, 0.717) is 0 Å². The van der Waals surface area contributed by atoms with Gasteiger partial charge in [0.05, 0.1) is 6.54 Å². The van der Waals surface area contributed by atoms with Gasteiger partial charge in [0.15, 0.2) is 0 Å². The summed E-state index contributed by atoms with van der Waals surface area (Å²) in [5.41, 5.74) is 3.59. The van der Waals surface area contributed by atoms with Crippen molar-refractivity contribution in [2.75, 3.05) is 5.32 Å². The van der Waals surface area contributed by atoms with Crippen molar-refractivity contribution < 1.29 is 0 Å². The molecule has 0 aliphatic carbocycles. The smallest absolute Gasteiger partial charge is 0.133 e. The zero-order valence-corrected chi connectivity index (χ0v) is 8.85. The molecular weight excluding hydrogens is 196 g/mol. The fraction of sp³-hybridized carbons (Fsp3) is 0.0714. The first-order valence-electron chi connectivity index (χ1n) is 5.38. The summed E-state index contributed by atoms with van der Waals surface area (Å²) in [5, 5.41) is 3.35. The van der Waals surface area contributed by atoms with Crippen LogP contribution in [-0.2, 0) is 6.54 Å². The summed E-state index contributed by atoms with van der Waals surface area (Å²) in [5.74, 6) is 0.974. The first-order chi connectivity index (χ1) is 7.93. The zero-order chi connectivity index (χ0) is 10.8. The second-order valence-corrected chi connectivity index (χ2v) is 3.81. The van der Waals surface area contributed by atoms with Gasteiger partial charge in [0, 0.05) is 11.3 Å². The third kappa shape index (κ3) is 1.58. The van der Waals surface area contributed by atoms with E-state index in [1.807, 2.05) is 36.4 Å². The Morgan fingerprint density at radius 1 is 0.875 bits per heavy atom. The minimum atomic E-state index is 0.783. The summed E-state index contributed by atoms with van der Waals surface area (Å²) in [6.45, 7) is 0.783. The predicted octanol–water partition coefficient (Wildman–Crippen LogP) is 3.06. The van der Waals surface area contributed by atoms with Crippen molar-refractivity contribution in [3.63, 3.8) is 0 Å². The number of para-hydroxylation sites is 1. The van der Waals surface area contributed by atoms with E-state index in [4.69, 9.17) is 0 Å². The highest BCUT2D eigenvalue weighted by Crippen LogP contribution is 2.19. The number of fused-ring (bicyclic) bond motifs is 1. The molecule has 0 fully saturated rings. The minimum absolute atomic E-state index is 0.783. The van der Waals surface area contributed by atoms with E-state index in [9.17, 15) is 0 Å². The highest BCUT2D eigenvalue weighted by molar-refractivity contribution is 6.10. The van der Waals surface area contributed by atoms with Crippen LogP contribution in [0.15, 0.2) is 59.6 Å².